The Bertz CT molecular complexity index is 663. The molecule has 0 spiro atoms. The second-order valence-electron chi connectivity index (χ2n) is 5.07. The molecule has 4 nitrogen and oxygen atoms in total. The van der Waals surface area contributed by atoms with Gasteiger partial charge in [-0.1, -0.05) is 6.07 Å². The molecule has 1 aliphatic heterocycles. The highest BCUT2D eigenvalue weighted by Crippen LogP contribution is 2.33. The lowest BCUT2D eigenvalue weighted by atomic mass is 9.97. The van der Waals surface area contributed by atoms with Crippen LogP contribution in [0, 0.1) is 0 Å². The lowest BCUT2D eigenvalue weighted by Gasteiger charge is -2.17. The molecule has 1 aromatic carbocycles. The maximum atomic E-state index is 10.9. The van der Waals surface area contributed by atoms with Gasteiger partial charge < -0.3 is 15.4 Å². The first-order valence-electron chi connectivity index (χ1n) is 6.35. The summed E-state index contributed by atoms with van der Waals surface area (Å²) in [5.74, 6) is -0.953. The zero-order valence-corrected chi connectivity index (χ0v) is 12.0. The van der Waals surface area contributed by atoms with E-state index in [4.69, 9.17) is 10.8 Å². The van der Waals surface area contributed by atoms with Gasteiger partial charge in [-0.25, -0.2) is 0 Å². The van der Waals surface area contributed by atoms with Crippen molar-refractivity contribution in [1.29, 1.82) is 0 Å². The average Bonchev–Trinajstić information content (AvgIpc) is 2.68. The third-order valence-corrected chi connectivity index (χ3v) is 4.31. The van der Waals surface area contributed by atoms with Gasteiger partial charge >= 0.3 is 5.97 Å². The quantitative estimate of drug-likeness (QED) is 0.911. The van der Waals surface area contributed by atoms with Crippen molar-refractivity contribution in [2.45, 2.75) is 31.8 Å². The van der Waals surface area contributed by atoms with Gasteiger partial charge in [0.15, 0.2) is 0 Å². The molecule has 0 saturated carbocycles. The first kappa shape index (κ1) is 12.7. The van der Waals surface area contributed by atoms with Gasteiger partial charge in [0.05, 0.1) is 5.52 Å². The standard InChI is InChI=1S/C14H15BrN2O2/c15-11-7-17-3-1-2-9-4-8(5-10(11)13(9)17)6-12(16)14(18)19/h4-5,7,12H,1-3,6,16H2,(H,18,19). The highest BCUT2D eigenvalue weighted by Gasteiger charge is 2.18. The van der Waals surface area contributed by atoms with Crippen LogP contribution in [0.4, 0.5) is 0 Å². The summed E-state index contributed by atoms with van der Waals surface area (Å²) >= 11 is 3.58. The van der Waals surface area contributed by atoms with Crippen molar-refractivity contribution in [3.05, 3.63) is 33.9 Å². The van der Waals surface area contributed by atoms with Gasteiger partial charge in [-0.3, -0.25) is 4.79 Å². The maximum absolute atomic E-state index is 10.9. The van der Waals surface area contributed by atoms with Crippen LogP contribution in [-0.2, 0) is 24.2 Å². The number of carboxylic acids is 1. The van der Waals surface area contributed by atoms with Crippen molar-refractivity contribution in [2.75, 3.05) is 0 Å². The third-order valence-electron chi connectivity index (χ3n) is 3.68. The summed E-state index contributed by atoms with van der Waals surface area (Å²) < 4.78 is 3.33. The molecule has 3 rings (SSSR count). The number of carboxylic acid groups (broad SMARTS) is 1. The highest BCUT2D eigenvalue weighted by atomic mass is 79.9. The minimum Gasteiger partial charge on any atom is -0.480 e. The van der Waals surface area contributed by atoms with Gasteiger partial charge in [0.1, 0.15) is 6.04 Å². The normalized spacial score (nSPS) is 15.7. The molecule has 0 radical (unpaired) electrons. The molecule has 3 N–H and O–H groups in total. The van der Waals surface area contributed by atoms with E-state index in [1.807, 2.05) is 6.07 Å². The number of aromatic nitrogens is 1. The van der Waals surface area contributed by atoms with Crippen molar-refractivity contribution < 1.29 is 9.90 Å². The van der Waals surface area contributed by atoms with Gasteiger partial charge in [-0.05, 0) is 52.4 Å². The molecule has 0 aliphatic carbocycles. The number of hydrogen-bond donors (Lipinski definition) is 2. The van der Waals surface area contributed by atoms with E-state index in [1.54, 1.807) is 0 Å². The second kappa shape index (κ2) is 4.65. The van der Waals surface area contributed by atoms with E-state index in [1.165, 1.54) is 11.1 Å². The number of aliphatic carboxylic acids is 1. The van der Waals surface area contributed by atoms with Gasteiger partial charge in [-0.15, -0.1) is 0 Å². The Balaban J connectivity index is 2.09. The molecule has 0 saturated heterocycles. The Morgan fingerprint density at radius 3 is 3.05 bits per heavy atom. The molecule has 1 aliphatic rings. The van der Waals surface area contributed by atoms with E-state index in [0.717, 1.165) is 34.8 Å². The summed E-state index contributed by atoms with van der Waals surface area (Å²) in [5, 5.41) is 10.1. The summed E-state index contributed by atoms with van der Waals surface area (Å²) in [5.41, 5.74) is 9.19. The van der Waals surface area contributed by atoms with E-state index in [0.29, 0.717) is 6.42 Å². The molecule has 19 heavy (non-hydrogen) atoms. The van der Waals surface area contributed by atoms with Crippen molar-refractivity contribution in [2.24, 2.45) is 5.73 Å². The Kier molecular flexibility index (Phi) is 3.11. The molecule has 0 fully saturated rings. The highest BCUT2D eigenvalue weighted by molar-refractivity contribution is 9.10. The SMILES string of the molecule is NC(Cc1cc2c3c(c1)c(Br)cn3CCC2)C(=O)O. The van der Waals surface area contributed by atoms with E-state index in [9.17, 15) is 4.79 Å². The molecule has 2 aromatic rings. The summed E-state index contributed by atoms with van der Waals surface area (Å²) in [6, 6.07) is 3.31. The van der Waals surface area contributed by atoms with Crippen LogP contribution in [0.2, 0.25) is 0 Å². The van der Waals surface area contributed by atoms with Gasteiger partial charge in [0.2, 0.25) is 0 Å². The predicted octanol–water partition coefficient (Wildman–Crippen LogP) is 2.30. The molecule has 5 heteroatoms. The van der Waals surface area contributed by atoms with Crippen LogP contribution in [0.25, 0.3) is 10.9 Å². The fraction of sp³-hybridized carbons (Fsp3) is 0.357. The molecule has 2 heterocycles. The average molecular weight is 323 g/mol. The van der Waals surface area contributed by atoms with Crippen LogP contribution < -0.4 is 5.73 Å². The Labute approximate surface area is 119 Å². The first-order chi connectivity index (χ1) is 9.06. The van der Waals surface area contributed by atoms with Crippen LogP contribution in [0.15, 0.2) is 22.8 Å². The molecule has 0 bridgehead atoms. The molecular formula is C14H15BrN2O2. The Morgan fingerprint density at radius 1 is 1.53 bits per heavy atom. The summed E-state index contributed by atoms with van der Waals surface area (Å²) in [6.07, 6.45) is 4.64. The molecular weight excluding hydrogens is 308 g/mol. The van der Waals surface area contributed by atoms with Gasteiger partial charge in [0.25, 0.3) is 0 Å². The smallest absolute Gasteiger partial charge is 0.320 e. The zero-order valence-electron chi connectivity index (χ0n) is 10.4. The minimum absolute atomic E-state index is 0.371. The number of hydrogen-bond acceptors (Lipinski definition) is 2. The number of nitrogens with zero attached hydrogens (tertiary/aromatic N) is 1. The van der Waals surface area contributed by atoms with Crippen LogP contribution in [0.5, 0.6) is 0 Å². The summed E-state index contributed by atoms with van der Waals surface area (Å²) in [6.45, 7) is 1.04. The van der Waals surface area contributed by atoms with Crippen molar-refractivity contribution in [3.8, 4) is 0 Å². The van der Waals surface area contributed by atoms with Crippen molar-refractivity contribution in [3.63, 3.8) is 0 Å². The van der Waals surface area contributed by atoms with Crippen LogP contribution in [-0.4, -0.2) is 21.7 Å². The van der Waals surface area contributed by atoms with Crippen molar-refractivity contribution >= 4 is 32.8 Å². The number of aryl methyl sites for hydroxylation is 2. The third kappa shape index (κ3) is 2.17. The minimum atomic E-state index is -0.953. The Hall–Kier alpha value is -1.33. The largest absolute Gasteiger partial charge is 0.480 e. The number of halogens is 1. The zero-order chi connectivity index (χ0) is 13.6. The molecule has 0 amide bonds. The van der Waals surface area contributed by atoms with E-state index in [2.05, 4.69) is 32.8 Å². The van der Waals surface area contributed by atoms with Gasteiger partial charge in [0, 0.05) is 22.6 Å². The Morgan fingerprint density at radius 2 is 2.32 bits per heavy atom. The maximum Gasteiger partial charge on any atom is 0.320 e. The monoisotopic (exact) mass is 322 g/mol. The first-order valence-corrected chi connectivity index (χ1v) is 7.14. The van der Waals surface area contributed by atoms with E-state index < -0.39 is 12.0 Å². The number of carbonyl (C=O) groups is 1. The fourth-order valence-corrected chi connectivity index (χ4v) is 3.37. The van der Waals surface area contributed by atoms with Gasteiger partial charge in [-0.2, -0.15) is 0 Å². The van der Waals surface area contributed by atoms with Crippen LogP contribution >= 0.6 is 15.9 Å². The number of rotatable bonds is 3. The molecule has 1 unspecified atom stereocenters. The van der Waals surface area contributed by atoms with E-state index in [-0.39, 0.29) is 0 Å². The predicted molar refractivity (Wildman–Crippen MR) is 77.3 cm³/mol. The lowest BCUT2D eigenvalue weighted by molar-refractivity contribution is -0.138. The second-order valence-corrected chi connectivity index (χ2v) is 5.93. The fourth-order valence-electron chi connectivity index (χ4n) is 2.82. The van der Waals surface area contributed by atoms with Crippen molar-refractivity contribution in [1.82, 2.24) is 4.57 Å². The van der Waals surface area contributed by atoms with Crippen LogP contribution in [0.1, 0.15) is 17.5 Å². The molecule has 100 valence electrons. The topological polar surface area (TPSA) is 68.2 Å². The molecule has 1 aromatic heterocycles. The molecule has 1 atom stereocenters. The summed E-state index contributed by atoms with van der Waals surface area (Å²) in [4.78, 5) is 10.9. The summed E-state index contributed by atoms with van der Waals surface area (Å²) in [7, 11) is 0. The number of nitrogens with two attached hydrogens (primary N) is 1. The van der Waals surface area contributed by atoms with Crippen LogP contribution in [0.3, 0.4) is 0 Å². The van der Waals surface area contributed by atoms with E-state index >= 15 is 0 Å². The lowest BCUT2D eigenvalue weighted by Crippen LogP contribution is -2.32. The number of benzene rings is 1.